The third kappa shape index (κ3) is 1.89. The molecule has 0 bridgehead atoms. The van der Waals surface area contributed by atoms with E-state index >= 15 is 0 Å². The molecule has 1 unspecified atom stereocenters. The standard InChI is InChI=1S/C12H10N2O/c1-9(8-13)15-12-6-2-5-11-10(12)4-3-7-14-11/h2-7,9H,1H3. The van der Waals surface area contributed by atoms with Crippen molar-refractivity contribution in [3.63, 3.8) is 0 Å². The molecule has 0 fully saturated rings. The summed E-state index contributed by atoms with van der Waals surface area (Å²) in [5.74, 6) is 0.703. The van der Waals surface area contributed by atoms with Crippen molar-refractivity contribution >= 4 is 10.9 Å². The van der Waals surface area contributed by atoms with Crippen molar-refractivity contribution in [2.45, 2.75) is 13.0 Å². The van der Waals surface area contributed by atoms with E-state index in [4.69, 9.17) is 10.00 Å². The molecule has 0 amide bonds. The molecular formula is C12H10N2O. The van der Waals surface area contributed by atoms with Gasteiger partial charge in [-0.2, -0.15) is 5.26 Å². The summed E-state index contributed by atoms with van der Waals surface area (Å²) in [5, 5.41) is 9.61. The van der Waals surface area contributed by atoms with E-state index in [1.807, 2.05) is 36.4 Å². The Morgan fingerprint density at radius 2 is 2.20 bits per heavy atom. The van der Waals surface area contributed by atoms with Crippen LogP contribution in [0.4, 0.5) is 0 Å². The Labute approximate surface area is 87.9 Å². The number of ether oxygens (including phenoxy) is 1. The van der Waals surface area contributed by atoms with Crippen LogP contribution in [0.1, 0.15) is 6.92 Å². The molecule has 1 aromatic carbocycles. The fourth-order valence-corrected chi connectivity index (χ4v) is 1.39. The number of fused-ring (bicyclic) bond motifs is 1. The van der Waals surface area contributed by atoms with Crippen LogP contribution in [0.15, 0.2) is 36.5 Å². The van der Waals surface area contributed by atoms with Crippen molar-refractivity contribution in [3.8, 4) is 11.8 Å². The number of nitrogens with zero attached hydrogens (tertiary/aromatic N) is 2. The van der Waals surface area contributed by atoms with Gasteiger partial charge in [0.25, 0.3) is 0 Å². The highest BCUT2D eigenvalue weighted by atomic mass is 16.5. The first-order chi connectivity index (χ1) is 7.31. The van der Waals surface area contributed by atoms with Gasteiger partial charge in [-0.05, 0) is 31.2 Å². The summed E-state index contributed by atoms with van der Waals surface area (Å²) in [5.41, 5.74) is 0.875. The van der Waals surface area contributed by atoms with Gasteiger partial charge >= 0.3 is 0 Å². The van der Waals surface area contributed by atoms with Crippen molar-refractivity contribution in [1.82, 2.24) is 4.98 Å². The van der Waals surface area contributed by atoms with Crippen LogP contribution >= 0.6 is 0 Å². The fourth-order valence-electron chi connectivity index (χ4n) is 1.39. The molecule has 74 valence electrons. The van der Waals surface area contributed by atoms with Gasteiger partial charge in [-0.15, -0.1) is 0 Å². The Hall–Kier alpha value is -2.08. The molecule has 3 nitrogen and oxygen atoms in total. The van der Waals surface area contributed by atoms with E-state index < -0.39 is 6.10 Å². The minimum Gasteiger partial charge on any atom is -0.475 e. The van der Waals surface area contributed by atoms with Crippen LogP contribution in [0.25, 0.3) is 10.9 Å². The molecule has 0 radical (unpaired) electrons. The maximum atomic E-state index is 8.68. The summed E-state index contributed by atoms with van der Waals surface area (Å²) in [4.78, 5) is 4.21. The van der Waals surface area contributed by atoms with Crippen LogP contribution in [0.3, 0.4) is 0 Å². The van der Waals surface area contributed by atoms with E-state index in [0.717, 1.165) is 10.9 Å². The molecule has 1 heterocycles. The third-order valence-corrected chi connectivity index (χ3v) is 2.09. The largest absolute Gasteiger partial charge is 0.475 e. The molecule has 0 aliphatic rings. The Kier molecular flexibility index (Phi) is 2.51. The minimum atomic E-state index is -0.448. The van der Waals surface area contributed by atoms with Gasteiger partial charge in [0.15, 0.2) is 6.10 Å². The van der Waals surface area contributed by atoms with Gasteiger partial charge in [-0.1, -0.05) is 6.07 Å². The molecule has 0 saturated heterocycles. The fraction of sp³-hybridized carbons (Fsp3) is 0.167. The Morgan fingerprint density at radius 1 is 1.33 bits per heavy atom. The summed E-state index contributed by atoms with van der Waals surface area (Å²) in [6.07, 6.45) is 1.29. The highest BCUT2D eigenvalue weighted by molar-refractivity contribution is 5.84. The van der Waals surface area contributed by atoms with Crippen LogP contribution in [0.5, 0.6) is 5.75 Å². The van der Waals surface area contributed by atoms with Crippen molar-refractivity contribution in [1.29, 1.82) is 5.26 Å². The minimum absolute atomic E-state index is 0.448. The first kappa shape index (κ1) is 9.47. The van der Waals surface area contributed by atoms with Gasteiger partial charge in [0.2, 0.25) is 0 Å². The number of pyridine rings is 1. The van der Waals surface area contributed by atoms with E-state index in [-0.39, 0.29) is 0 Å². The van der Waals surface area contributed by atoms with E-state index in [1.54, 1.807) is 13.1 Å². The predicted molar refractivity (Wildman–Crippen MR) is 57.4 cm³/mol. The topological polar surface area (TPSA) is 45.9 Å². The monoisotopic (exact) mass is 198 g/mol. The molecule has 15 heavy (non-hydrogen) atoms. The predicted octanol–water partition coefficient (Wildman–Crippen LogP) is 2.53. The van der Waals surface area contributed by atoms with Gasteiger partial charge in [0, 0.05) is 11.6 Å². The zero-order valence-corrected chi connectivity index (χ0v) is 8.34. The second-order valence-corrected chi connectivity index (χ2v) is 3.22. The quantitative estimate of drug-likeness (QED) is 0.744. The van der Waals surface area contributed by atoms with Crippen LogP contribution in [-0.2, 0) is 0 Å². The zero-order chi connectivity index (χ0) is 10.7. The lowest BCUT2D eigenvalue weighted by Gasteiger charge is -2.09. The number of aromatic nitrogens is 1. The molecule has 2 aromatic rings. The molecule has 1 aromatic heterocycles. The highest BCUT2D eigenvalue weighted by Crippen LogP contribution is 2.24. The van der Waals surface area contributed by atoms with E-state index in [1.165, 1.54) is 0 Å². The van der Waals surface area contributed by atoms with E-state index in [2.05, 4.69) is 4.98 Å². The molecule has 0 saturated carbocycles. The number of nitriles is 1. The second kappa shape index (κ2) is 3.97. The van der Waals surface area contributed by atoms with Gasteiger partial charge in [-0.25, -0.2) is 0 Å². The van der Waals surface area contributed by atoms with Crippen molar-refractivity contribution in [3.05, 3.63) is 36.5 Å². The van der Waals surface area contributed by atoms with Crippen LogP contribution in [0.2, 0.25) is 0 Å². The second-order valence-electron chi connectivity index (χ2n) is 3.22. The lowest BCUT2D eigenvalue weighted by Crippen LogP contribution is -2.08. The summed E-state index contributed by atoms with van der Waals surface area (Å²) in [6, 6.07) is 11.5. The first-order valence-corrected chi connectivity index (χ1v) is 4.71. The van der Waals surface area contributed by atoms with Crippen molar-refractivity contribution < 1.29 is 4.74 Å². The van der Waals surface area contributed by atoms with Crippen LogP contribution in [0, 0.1) is 11.3 Å². The van der Waals surface area contributed by atoms with Gasteiger partial charge < -0.3 is 4.74 Å². The average molecular weight is 198 g/mol. The molecule has 2 rings (SSSR count). The average Bonchev–Trinajstić information content (AvgIpc) is 2.29. The Bertz CT molecular complexity index is 511. The number of hydrogen-bond acceptors (Lipinski definition) is 3. The molecule has 0 aliphatic heterocycles. The molecule has 0 spiro atoms. The molecule has 3 heteroatoms. The maximum Gasteiger partial charge on any atom is 0.181 e. The molecule has 0 aliphatic carbocycles. The lowest BCUT2D eigenvalue weighted by atomic mass is 10.2. The van der Waals surface area contributed by atoms with Crippen molar-refractivity contribution in [2.75, 3.05) is 0 Å². The van der Waals surface area contributed by atoms with Crippen LogP contribution < -0.4 is 4.74 Å². The lowest BCUT2D eigenvalue weighted by molar-refractivity contribution is 0.280. The molecule has 1 atom stereocenters. The Morgan fingerprint density at radius 3 is 3.00 bits per heavy atom. The van der Waals surface area contributed by atoms with Crippen molar-refractivity contribution in [2.24, 2.45) is 0 Å². The normalized spacial score (nSPS) is 12.0. The van der Waals surface area contributed by atoms with Crippen LogP contribution in [-0.4, -0.2) is 11.1 Å². The first-order valence-electron chi connectivity index (χ1n) is 4.71. The highest BCUT2D eigenvalue weighted by Gasteiger charge is 2.05. The third-order valence-electron chi connectivity index (χ3n) is 2.09. The number of hydrogen-bond donors (Lipinski definition) is 0. The Balaban J connectivity index is 2.48. The van der Waals surface area contributed by atoms with Gasteiger partial charge in [0.1, 0.15) is 11.8 Å². The smallest absolute Gasteiger partial charge is 0.181 e. The molecular weight excluding hydrogens is 188 g/mol. The van der Waals surface area contributed by atoms with E-state index in [9.17, 15) is 0 Å². The van der Waals surface area contributed by atoms with Gasteiger partial charge in [-0.3, -0.25) is 4.98 Å². The summed E-state index contributed by atoms with van der Waals surface area (Å²) < 4.78 is 5.48. The summed E-state index contributed by atoms with van der Waals surface area (Å²) in [7, 11) is 0. The number of rotatable bonds is 2. The summed E-state index contributed by atoms with van der Waals surface area (Å²) in [6.45, 7) is 1.72. The zero-order valence-electron chi connectivity index (χ0n) is 8.34. The SMILES string of the molecule is CC(C#N)Oc1cccc2ncccc12. The number of benzene rings is 1. The molecule has 0 N–H and O–H groups in total. The van der Waals surface area contributed by atoms with E-state index in [0.29, 0.717) is 5.75 Å². The summed E-state index contributed by atoms with van der Waals surface area (Å²) >= 11 is 0. The maximum absolute atomic E-state index is 8.68. The van der Waals surface area contributed by atoms with Gasteiger partial charge in [0.05, 0.1) is 5.52 Å².